The number of amides is 1. The summed E-state index contributed by atoms with van der Waals surface area (Å²) in [6.45, 7) is 3.88. The highest BCUT2D eigenvalue weighted by Gasteiger charge is 2.34. The van der Waals surface area contributed by atoms with Gasteiger partial charge in [-0.15, -0.1) is 0 Å². The molecule has 3 rings (SSSR count). The number of benzene rings is 2. The van der Waals surface area contributed by atoms with Crippen molar-refractivity contribution in [1.29, 1.82) is 0 Å². The number of phenolic OH excluding ortho intramolecular Hbond substituents is 1. The van der Waals surface area contributed by atoms with Gasteiger partial charge in [0.15, 0.2) is 10.1 Å². The first-order valence-electron chi connectivity index (χ1n) is 7.60. The molecule has 2 aromatic rings. The molecule has 1 aliphatic heterocycles. The van der Waals surface area contributed by atoms with E-state index in [1.807, 2.05) is 32.0 Å². The molecule has 8 heteroatoms. The van der Waals surface area contributed by atoms with Crippen molar-refractivity contribution >= 4 is 51.7 Å². The van der Waals surface area contributed by atoms with Crippen LogP contribution in [0, 0.1) is 24.0 Å². The molecule has 0 saturated carbocycles. The number of nitro groups is 1. The van der Waals surface area contributed by atoms with Crippen LogP contribution in [0.4, 0.5) is 11.4 Å². The number of hydrogen-bond donors (Lipinski definition) is 1. The molecule has 1 saturated heterocycles. The molecular weight excluding hydrogens is 372 g/mol. The molecule has 0 radical (unpaired) electrons. The topological polar surface area (TPSA) is 83.7 Å². The van der Waals surface area contributed by atoms with E-state index in [1.165, 1.54) is 29.2 Å². The minimum absolute atomic E-state index is 0.275. The van der Waals surface area contributed by atoms with Crippen LogP contribution in [-0.2, 0) is 4.79 Å². The summed E-state index contributed by atoms with van der Waals surface area (Å²) in [5.41, 5.74) is 2.77. The molecule has 0 aromatic heterocycles. The molecule has 2 aromatic carbocycles. The van der Waals surface area contributed by atoms with Crippen molar-refractivity contribution in [2.45, 2.75) is 13.8 Å². The Bertz CT molecular complexity index is 985. The Morgan fingerprint density at radius 2 is 1.96 bits per heavy atom. The van der Waals surface area contributed by atoms with Gasteiger partial charge in [0.25, 0.3) is 5.91 Å². The number of nitro benzene ring substituents is 1. The lowest BCUT2D eigenvalue weighted by Gasteiger charge is -2.17. The number of anilines is 1. The zero-order valence-electron chi connectivity index (χ0n) is 13.9. The number of aromatic hydroxyl groups is 1. The summed E-state index contributed by atoms with van der Waals surface area (Å²) in [4.78, 5) is 24.9. The molecule has 1 amide bonds. The Kier molecular flexibility index (Phi) is 4.80. The molecule has 6 nitrogen and oxygen atoms in total. The fraction of sp³-hybridized carbons (Fsp3) is 0.111. The highest BCUT2D eigenvalue weighted by molar-refractivity contribution is 8.27. The van der Waals surface area contributed by atoms with Crippen molar-refractivity contribution in [3.05, 3.63) is 68.1 Å². The maximum Gasteiger partial charge on any atom is 0.311 e. The number of nitrogens with zero attached hydrogens (tertiary/aromatic N) is 2. The Balaban J connectivity index is 1.97. The number of rotatable bonds is 3. The molecule has 1 N–H and O–H groups in total. The van der Waals surface area contributed by atoms with Crippen LogP contribution in [0.15, 0.2) is 41.3 Å². The second kappa shape index (κ2) is 6.89. The third kappa shape index (κ3) is 3.33. The van der Waals surface area contributed by atoms with Gasteiger partial charge in [-0.25, -0.2) is 0 Å². The van der Waals surface area contributed by atoms with Gasteiger partial charge in [-0.1, -0.05) is 47.7 Å². The van der Waals surface area contributed by atoms with Gasteiger partial charge in [-0.05, 0) is 43.2 Å². The zero-order valence-corrected chi connectivity index (χ0v) is 15.6. The van der Waals surface area contributed by atoms with E-state index in [4.69, 9.17) is 12.2 Å². The van der Waals surface area contributed by atoms with Crippen LogP contribution >= 0.6 is 24.0 Å². The maximum absolute atomic E-state index is 12.8. The SMILES string of the molecule is Cc1ccc(N2C(=O)C(=Cc3ccc(O)c([N+](=O)[O-])c3)SC2=S)c(C)c1. The number of carbonyl (C=O) groups is 1. The molecule has 0 atom stereocenters. The molecule has 1 aliphatic rings. The molecule has 0 aliphatic carbocycles. The largest absolute Gasteiger partial charge is 0.502 e. The van der Waals surface area contributed by atoms with Crippen molar-refractivity contribution < 1.29 is 14.8 Å². The molecule has 1 heterocycles. The molecular formula is C18H14N2O4S2. The van der Waals surface area contributed by atoms with Gasteiger partial charge in [0.1, 0.15) is 0 Å². The molecule has 132 valence electrons. The Morgan fingerprint density at radius 1 is 1.23 bits per heavy atom. The second-order valence-corrected chi connectivity index (χ2v) is 7.49. The van der Waals surface area contributed by atoms with Crippen molar-refractivity contribution in [1.82, 2.24) is 0 Å². The van der Waals surface area contributed by atoms with E-state index in [1.54, 1.807) is 0 Å². The average molecular weight is 386 g/mol. The number of thioether (sulfide) groups is 1. The van der Waals surface area contributed by atoms with E-state index in [0.29, 0.717) is 14.8 Å². The van der Waals surface area contributed by atoms with Crippen LogP contribution in [0.3, 0.4) is 0 Å². The van der Waals surface area contributed by atoms with Crippen molar-refractivity contribution in [3.63, 3.8) is 0 Å². The zero-order chi connectivity index (χ0) is 19.0. The summed E-state index contributed by atoms with van der Waals surface area (Å²) in [7, 11) is 0. The smallest absolute Gasteiger partial charge is 0.311 e. The molecule has 0 spiro atoms. The highest BCUT2D eigenvalue weighted by atomic mass is 32.2. The third-order valence-electron chi connectivity index (χ3n) is 3.88. The summed E-state index contributed by atoms with van der Waals surface area (Å²) in [5, 5.41) is 20.5. The highest BCUT2D eigenvalue weighted by Crippen LogP contribution is 2.38. The van der Waals surface area contributed by atoms with E-state index in [-0.39, 0.29) is 5.91 Å². The number of carbonyl (C=O) groups excluding carboxylic acids is 1. The summed E-state index contributed by atoms with van der Waals surface area (Å²) >= 11 is 6.49. The fourth-order valence-electron chi connectivity index (χ4n) is 2.66. The van der Waals surface area contributed by atoms with Crippen LogP contribution in [0.25, 0.3) is 6.08 Å². The third-order valence-corrected chi connectivity index (χ3v) is 5.18. The standard InChI is InChI=1S/C18H14N2O4S2/c1-10-3-5-13(11(2)7-10)19-17(22)16(26-18(19)25)9-12-4-6-15(21)14(8-12)20(23)24/h3-9,21H,1-2H3. The van der Waals surface area contributed by atoms with Crippen LogP contribution < -0.4 is 4.90 Å². The van der Waals surface area contributed by atoms with Crippen molar-refractivity contribution in [2.75, 3.05) is 4.90 Å². The number of hydrogen-bond acceptors (Lipinski definition) is 6. The molecule has 0 bridgehead atoms. The van der Waals surface area contributed by atoms with Gasteiger partial charge in [0.2, 0.25) is 0 Å². The number of phenols is 1. The first kappa shape index (κ1) is 18.1. The minimum Gasteiger partial charge on any atom is -0.502 e. The predicted octanol–water partition coefficient (Wildman–Crippen LogP) is 4.32. The maximum atomic E-state index is 12.8. The Hall–Kier alpha value is -2.71. The van der Waals surface area contributed by atoms with Gasteiger partial charge < -0.3 is 5.11 Å². The van der Waals surface area contributed by atoms with Crippen molar-refractivity contribution in [2.24, 2.45) is 0 Å². The van der Waals surface area contributed by atoms with E-state index >= 15 is 0 Å². The van der Waals surface area contributed by atoms with E-state index in [9.17, 15) is 20.0 Å². The van der Waals surface area contributed by atoms with E-state index < -0.39 is 16.4 Å². The van der Waals surface area contributed by atoms with Gasteiger partial charge in [0, 0.05) is 6.07 Å². The van der Waals surface area contributed by atoms with E-state index in [2.05, 4.69) is 0 Å². The second-order valence-electron chi connectivity index (χ2n) is 5.81. The van der Waals surface area contributed by atoms with Crippen LogP contribution in [0.2, 0.25) is 0 Å². The normalized spacial score (nSPS) is 15.8. The van der Waals surface area contributed by atoms with Gasteiger partial charge >= 0.3 is 5.69 Å². The first-order chi connectivity index (χ1) is 12.3. The molecule has 1 fully saturated rings. The van der Waals surface area contributed by atoms with Gasteiger partial charge in [-0.2, -0.15) is 0 Å². The minimum atomic E-state index is -0.673. The van der Waals surface area contributed by atoms with E-state index in [0.717, 1.165) is 28.6 Å². The Morgan fingerprint density at radius 3 is 2.62 bits per heavy atom. The summed E-state index contributed by atoms with van der Waals surface area (Å²) in [6.07, 6.45) is 1.54. The lowest BCUT2D eigenvalue weighted by Crippen LogP contribution is -2.28. The Labute approximate surface area is 159 Å². The fourth-order valence-corrected chi connectivity index (χ4v) is 3.94. The summed E-state index contributed by atoms with van der Waals surface area (Å²) < 4.78 is 0.404. The summed E-state index contributed by atoms with van der Waals surface area (Å²) in [6, 6.07) is 9.69. The van der Waals surface area contributed by atoms with Gasteiger partial charge in [0.05, 0.1) is 15.5 Å². The molecule has 0 unspecified atom stereocenters. The van der Waals surface area contributed by atoms with Crippen LogP contribution in [-0.4, -0.2) is 20.3 Å². The number of thiocarbonyl (C=S) groups is 1. The molecule has 26 heavy (non-hydrogen) atoms. The monoisotopic (exact) mass is 386 g/mol. The summed E-state index contributed by atoms with van der Waals surface area (Å²) in [5.74, 6) is -0.697. The van der Waals surface area contributed by atoms with Crippen LogP contribution in [0.5, 0.6) is 5.75 Å². The average Bonchev–Trinajstić information content (AvgIpc) is 2.83. The van der Waals surface area contributed by atoms with Crippen LogP contribution in [0.1, 0.15) is 16.7 Å². The quantitative estimate of drug-likeness (QED) is 0.366. The predicted molar refractivity (Wildman–Crippen MR) is 106 cm³/mol. The first-order valence-corrected chi connectivity index (χ1v) is 8.83. The lowest BCUT2D eigenvalue weighted by molar-refractivity contribution is -0.385. The van der Waals surface area contributed by atoms with Gasteiger partial charge in [-0.3, -0.25) is 19.8 Å². The van der Waals surface area contributed by atoms with Crippen molar-refractivity contribution in [3.8, 4) is 5.75 Å². The number of aryl methyl sites for hydroxylation is 2. The lowest BCUT2D eigenvalue weighted by atomic mass is 10.1.